The maximum atomic E-state index is 12.0. The first-order valence-corrected chi connectivity index (χ1v) is 10.5. The predicted molar refractivity (Wildman–Crippen MR) is 126 cm³/mol. The quantitative estimate of drug-likeness (QED) is 0.403. The molecule has 33 heavy (non-hydrogen) atoms. The van der Waals surface area contributed by atoms with Gasteiger partial charge in [0.05, 0.1) is 22.6 Å². The number of nitrogens with one attached hydrogen (secondary N) is 1. The lowest BCUT2D eigenvalue weighted by Crippen LogP contribution is -2.09. The predicted octanol–water partition coefficient (Wildman–Crippen LogP) is 4.95. The summed E-state index contributed by atoms with van der Waals surface area (Å²) in [5.74, 6) is -0.311. The van der Waals surface area contributed by atoms with Crippen LogP contribution in [0.1, 0.15) is 27.2 Å². The minimum Gasteiger partial charge on any atom is -0.478 e. The SMILES string of the molecule is Cc1ccccc1-n1nc(C)c(-c2ccn3ncnc3c2)c1Nc1c(C)cccc1C(=O)O. The first kappa shape index (κ1) is 20.4. The molecule has 0 unspecified atom stereocenters. The third kappa shape index (κ3) is 3.51. The third-order valence-corrected chi connectivity index (χ3v) is 5.72. The highest BCUT2D eigenvalue weighted by Gasteiger charge is 2.22. The highest BCUT2D eigenvalue weighted by molar-refractivity contribution is 5.97. The Bertz CT molecular complexity index is 1510. The van der Waals surface area contributed by atoms with Crippen molar-refractivity contribution in [3.63, 3.8) is 0 Å². The van der Waals surface area contributed by atoms with Gasteiger partial charge in [0.15, 0.2) is 5.65 Å². The molecule has 0 bridgehead atoms. The number of benzene rings is 2. The summed E-state index contributed by atoms with van der Waals surface area (Å²) in [6.45, 7) is 5.85. The largest absolute Gasteiger partial charge is 0.478 e. The van der Waals surface area contributed by atoms with Crippen molar-refractivity contribution >= 4 is 23.1 Å². The zero-order valence-corrected chi connectivity index (χ0v) is 18.4. The van der Waals surface area contributed by atoms with E-state index in [1.165, 1.54) is 6.33 Å². The van der Waals surface area contributed by atoms with E-state index in [0.717, 1.165) is 33.6 Å². The topological polar surface area (TPSA) is 97.3 Å². The molecule has 5 aromatic rings. The van der Waals surface area contributed by atoms with Crippen molar-refractivity contribution in [2.45, 2.75) is 20.8 Å². The number of anilines is 2. The Morgan fingerprint density at radius 3 is 2.58 bits per heavy atom. The number of aromatic carboxylic acids is 1. The fourth-order valence-electron chi connectivity index (χ4n) is 4.06. The van der Waals surface area contributed by atoms with Crippen LogP contribution in [-0.2, 0) is 0 Å². The van der Waals surface area contributed by atoms with Gasteiger partial charge in [0, 0.05) is 11.8 Å². The molecule has 0 radical (unpaired) electrons. The average molecular weight is 438 g/mol. The second-order valence-corrected chi connectivity index (χ2v) is 7.91. The first-order valence-electron chi connectivity index (χ1n) is 10.5. The van der Waals surface area contributed by atoms with Gasteiger partial charge in [-0.15, -0.1) is 0 Å². The number of aromatic nitrogens is 5. The average Bonchev–Trinajstić information content (AvgIpc) is 3.38. The summed E-state index contributed by atoms with van der Waals surface area (Å²) in [7, 11) is 0. The molecule has 0 amide bonds. The van der Waals surface area contributed by atoms with Crippen LogP contribution in [0.3, 0.4) is 0 Å². The van der Waals surface area contributed by atoms with Gasteiger partial charge in [-0.05, 0) is 61.7 Å². The molecular weight excluding hydrogens is 416 g/mol. The monoisotopic (exact) mass is 438 g/mol. The maximum absolute atomic E-state index is 12.0. The van der Waals surface area contributed by atoms with Crippen molar-refractivity contribution in [3.05, 3.63) is 89.5 Å². The molecule has 0 aliphatic heterocycles. The van der Waals surface area contributed by atoms with Crippen LogP contribution < -0.4 is 5.32 Å². The van der Waals surface area contributed by atoms with Crippen molar-refractivity contribution in [2.75, 3.05) is 5.32 Å². The maximum Gasteiger partial charge on any atom is 0.337 e. The minimum atomic E-state index is -0.994. The number of fused-ring (bicyclic) bond motifs is 1. The molecule has 164 valence electrons. The molecule has 0 aliphatic carbocycles. The molecule has 2 N–H and O–H groups in total. The molecule has 5 rings (SSSR count). The summed E-state index contributed by atoms with van der Waals surface area (Å²) < 4.78 is 3.54. The molecule has 3 aromatic heterocycles. The van der Waals surface area contributed by atoms with Gasteiger partial charge in [-0.3, -0.25) is 0 Å². The van der Waals surface area contributed by atoms with Crippen molar-refractivity contribution in [1.82, 2.24) is 24.4 Å². The number of carboxylic acid groups (broad SMARTS) is 1. The molecule has 0 fully saturated rings. The van der Waals surface area contributed by atoms with E-state index in [9.17, 15) is 9.90 Å². The molecule has 0 saturated carbocycles. The fourth-order valence-corrected chi connectivity index (χ4v) is 4.06. The van der Waals surface area contributed by atoms with Gasteiger partial charge in [0.1, 0.15) is 12.1 Å². The van der Waals surface area contributed by atoms with E-state index in [0.29, 0.717) is 17.2 Å². The Hall–Kier alpha value is -4.46. The molecular formula is C25H22N6O2. The van der Waals surface area contributed by atoms with Gasteiger partial charge in [-0.25, -0.2) is 19.0 Å². The van der Waals surface area contributed by atoms with E-state index >= 15 is 0 Å². The van der Waals surface area contributed by atoms with Gasteiger partial charge in [0.25, 0.3) is 0 Å². The summed E-state index contributed by atoms with van der Waals surface area (Å²) in [6.07, 6.45) is 3.36. The number of rotatable bonds is 5. The lowest BCUT2D eigenvalue weighted by atomic mass is 10.0. The van der Waals surface area contributed by atoms with Crippen LogP contribution >= 0.6 is 0 Å². The molecule has 0 atom stereocenters. The van der Waals surface area contributed by atoms with Crippen molar-refractivity contribution < 1.29 is 9.90 Å². The van der Waals surface area contributed by atoms with Crippen LogP contribution in [0.5, 0.6) is 0 Å². The molecule has 0 aliphatic rings. The Labute approximate surface area is 190 Å². The van der Waals surface area contributed by atoms with E-state index in [1.54, 1.807) is 16.6 Å². The zero-order chi connectivity index (χ0) is 23.1. The molecule has 3 heterocycles. The highest BCUT2D eigenvalue weighted by atomic mass is 16.4. The second kappa shape index (κ2) is 7.90. The van der Waals surface area contributed by atoms with E-state index in [-0.39, 0.29) is 5.56 Å². The van der Waals surface area contributed by atoms with Gasteiger partial charge in [-0.1, -0.05) is 30.3 Å². The van der Waals surface area contributed by atoms with Crippen molar-refractivity contribution in [2.24, 2.45) is 0 Å². The lowest BCUT2D eigenvalue weighted by Gasteiger charge is -2.17. The summed E-state index contributed by atoms with van der Waals surface area (Å²) in [6, 6.07) is 17.1. The van der Waals surface area contributed by atoms with Gasteiger partial charge >= 0.3 is 5.97 Å². The summed E-state index contributed by atoms with van der Waals surface area (Å²) in [5, 5.41) is 22.3. The molecule has 2 aromatic carbocycles. The van der Waals surface area contributed by atoms with Gasteiger partial charge in [0.2, 0.25) is 0 Å². The number of hydrogen-bond donors (Lipinski definition) is 2. The molecule has 8 heteroatoms. The van der Waals surface area contributed by atoms with Crippen molar-refractivity contribution in [1.29, 1.82) is 0 Å². The number of para-hydroxylation sites is 2. The van der Waals surface area contributed by atoms with Crippen LogP contribution in [-0.4, -0.2) is 35.5 Å². The third-order valence-electron chi connectivity index (χ3n) is 5.72. The van der Waals surface area contributed by atoms with E-state index in [4.69, 9.17) is 5.10 Å². The smallest absolute Gasteiger partial charge is 0.337 e. The Morgan fingerprint density at radius 1 is 1.00 bits per heavy atom. The van der Waals surface area contributed by atoms with Gasteiger partial charge < -0.3 is 10.4 Å². The summed E-state index contributed by atoms with van der Waals surface area (Å²) in [5.41, 5.74) is 6.79. The number of nitrogens with zero attached hydrogens (tertiary/aromatic N) is 5. The fraction of sp³-hybridized carbons (Fsp3) is 0.120. The van der Waals surface area contributed by atoms with E-state index in [2.05, 4.69) is 15.4 Å². The number of aryl methyl sites for hydroxylation is 3. The Morgan fingerprint density at radius 2 is 1.79 bits per heavy atom. The zero-order valence-electron chi connectivity index (χ0n) is 18.4. The second-order valence-electron chi connectivity index (χ2n) is 7.91. The first-order chi connectivity index (χ1) is 15.9. The minimum absolute atomic E-state index is 0.198. The lowest BCUT2D eigenvalue weighted by molar-refractivity contribution is 0.0698. The van der Waals surface area contributed by atoms with E-state index < -0.39 is 5.97 Å². The Kier molecular flexibility index (Phi) is 4.90. The van der Waals surface area contributed by atoms with Crippen molar-refractivity contribution in [3.8, 4) is 16.8 Å². The van der Waals surface area contributed by atoms with Crippen LogP contribution in [0, 0.1) is 20.8 Å². The molecule has 8 nitrogen and oxygen atoms in total. The number of pyridine rings is 1. The number of carbonyl (C=O) groups is 1. The highest BCUT2D eigenvalue weighted by Crippen LogP contribution is 2.37. The number of carboxylic acids is 1. The summed E-state index contributed by atoms with van der Waals surface area (Å²) in [4.78, 5) is 16.3. The van der Waals surface area contributed by atoms with E-state index in [1.807, 2.05) is 74.1 Å². The summed E-state index contributed by atoms with van der Waals surface area (Å²) >= 11 is 0. The number of hydrogen-bond acceptors (Lipinski definition) is 5. The molecule has 0 spiro atoms. The normalized spacial score (nSPS) is 11.1. The van der Waals surface area contributed by atoms with Crippen LogP contribution in [0.15, 0.2) is 67.1 Å². The molecule has 0 saturated heterocycles. The van der Waals surface area contributed by atoms with Crippen LogP contribution in [0.4, 0.5) is 11.5 Å². The van der Waals surface area contributed by atoms with Gasteiger partial charge in [-0.2, -0.15) is 10.2 Å². The standard InChI is InChI=1S/C25H22N6O2/c1-15-7-4-5-10-20(15)31-24(28-23-16(2)8-6-9-19(23)25(32)33)22(17(3)29-31)18-11-12-30-21(13-18)26-14-27-30/h4-14,28H,1-3H3,(H,32,33). The Balaban J connectivity index is 1.78. The van der Waals surface area contributed by atoms with Crippen LogP contribution in [0.2, 0.25) is 0 Å². The van der Waals surface area contributed by atoms with Crippen LogP contribution in [0.25, 0.3) is 22.5 Å².